The summed E-state index contributed by atoms with van der Waals surface area (Å²) < 4.78 is 10.9. The van der Waals surface area contributed by atoms with Gasteiger partial charge in [-0.1, -0.05) is 42.5 Å². The van der Waals surface area contributed by atoms with E-state index in [0.717, 1.165) is 5.56 Å². The molecule has 33 heavy (non-hydrogen) atoms. The molecule has 7 heteroatoms. The van der Waals surface area contributed by atoms with Crippen molar-refractivity contribution in [3.8, 4) is 17.6 Å². The summed E-state index contributed by atoms with van der Waals surface area (Å²) in [5.41, 5.74) is 2.52. The third kappa shape index (κ3) is 6.45. The van der Waals surface area contributed by atoms with Gasteiger partial charge in [0.15, 0.2) is 6.61 Å². The molecule has 3 aromatic carbocycles. The van der Waals surface area contributed by atoms with Gasteiger partial charge in [-0.15, -0.1) is 0 Å². The number of para-hydroxylation sites is 3. The molecular weight excluding hydrogens is 418 g/mol. The number of anilines is 2. The van der Waals surface area contributed by atoms with E-state index in [1.54, 1.807) is 54.6 Å². The Bertz CT molecular complexity index is 1230. The summed E-state index contributed by atoms with van der Waals surface area (Å²) in [5, 5.41) is 15.0. The van der Waals surface area contributed by atoms with Gasteiger partial charge in [-0.05, 0) is 48.9 Å². The molecular formula is C26H23N3O4. The van der Waals surface area contributed by atoms with Crippen molar-refractivity contribution in [1.82, 2.24) is 0 Å². The van der Waals surface area contributed by atoms with E-state index in [1.807, 2.05) is 31.2 Å². The van der Waals surface area contributed by atoms with Crippen molar-refractivity contribution in [2.75, 3.05) is 24.4 Å². The van der Waals surface area contributed by atoms with Crippen LogP contribution in [0.5, 0.6) is 11.5 Å². The molecule has 3 rings (SSSR count). The molecule has 2 N–H and O–H groups in total. The Morgan fingerprint density at radius 2 is 1.70 bits per heavy atom. The highest BCUT2D eigenvalue weighted by Gasteiger charge is 2.13. The average molecular weight is 441 g/mol. The van der Waals surface area contributed by atoms with Crippen LogP contribution in [0.25, 0.3) is 6.08 Å². The number of nitrogens with one attached hydrogen (secondary N) is 2. The van der Waals surface area contributed by atoms with E-state index in [2.05, 4.69) is 10.6 Å². The Balaban J connectivity index is 1.71. The second-order valence-corrected chi connectivity index (χ2v) is 7.07. The van der Waals surface area contributed by atoms with Gasteiger partial charge in [0.1, 0.15) is 23.1 Å². The maximum Gasteiger partial charge on any atom is 0.266 e. The van der Waals surface area contributed by atoms with Crippen molar-refractivity contribution in [1.29, 1.82) is 5.26 Å². The maximum atomic E-state index is 12.6. The fourth-order valence-corrected chi connectivity index (χ4v) is 3.03. The van der Waals surface area contributed by atoms with Gasteiger partial charge in [0, 0.05) is 11.3 Å². The molecule has 0 saturated carbocycles. The van der Waals surface area contributed by atoms with Crippen molar-refractivity contribution in [3.63, 3.8) is 0 Å². The highest BCUT2D eigenvalue weighted by Crippen LogP contribution is 2.24. The Hall–Kier alpha value is -4.57. The number of amides is 2. The fraction of sp³-hybridized carbons (Fsp3) is 0.115. The predicted molar refractivity (Wildman–Crippen MR) is 127 cm³/mol. The topological polar surface area (TPSA) is 100 Å². The van der Waals surface area contributed by atoms with Gasteiger partial charge in [0.2, 0.25) is 0 Å². The molecule has 0 aliphatic carbocycles. The lowest BCUT2D eigenvalue weighted by molar-refractivity contribution is -0.118. The lowest BCUT2D eigenvalue weighted by Gasteiger charge is -2.12. The minimum atomic E-state index is -0.535. The Morgan fingerprint density at radius 3 is 2.42 bits per heavy atom. The molecule has 0 saturated heterocycles. The molecule has 0 fully saturated rings. The summed E-state index contributed by atoms with van der Waals surface area (Å²) in [7, 11) is 1.52. The molecule has 0 bridgehead atoms. The first kappa shape index (κ1) is 23.1. The van der Waals surface area contributed by atoms with E-state index in [4.69, 9.17) is 9.47 Å². The van der Waals surface area contributed by atoms with Crippen LogP contribution in [0.4, 0.5) is 11.4 Å². The molecule has 0 radical (unpaired) electrons. The van der Waals surface area contributed by atoms with Gasteiger partial charge >= 0.3 is 0 Å². The molecule has 0 aliphatic rings. The monoisotopic (exact) mass is 441 g/mol. The van der Waals surface area contributed by atoms with Crippen LogP contribution in [-0.4, -0.2) is 25.5 Å². The highest BCUT2D eigenvalue weighted by molar-refractivity contribution is 6.09. The third-order valence-corrected chi connectivity index (χ3v) is 4.60. The van der Waals surface area contributed by atoms with Gasteiger partial charge in [0.05, 0.1) is 12.8 Å². The Kier molecular flexibility index (Phi) is 7.81. The molecule has 0 aliphatic heterocycles. The molecule has 0 atom stereocenters. The van der Waals surface area contributed by atoms with E-state index in [0.29, 0.717) is 28.4 Å². The number of carbonyl (C=O) groups is 2. The van der Waals surface area contributed by atoms with Crippen molar-refractivity contribution >= 4 is 29.3 Å². The summed E-state index contributed by atoms with van der Waals surface area (Å²) in [6, 6.07) is 23.1. The molecule has 0 aromatic heterocycles. The van der Waals surface area contributed by atoms with Crippen LogP contribution < -0.4 is 20.1 Å². The first-order valence-corrected chi connectivity index (χ1v) is 10.1. The fourth-order valence-electron chi connectivity index (χ4n) is 3.03. The average Bonchev–Trinajstić information content (AvgIpc) is 2.82. The van der Waals surface area contributed by atoms with Crippen LogP contribution in [-0.2, 0) is 9.59 Å². The van der Waals surface area contributed by atoms with E-state index in [9.17, 15) is 14.9 Å². The molecule has 0 spiro atoms. The second kappa shape index (κ2) is 11.2. The number of hydrogen-bond donors (Lipinski definition) is 2. The number of methoxy groups -OCH3 is 1. The summed E-state index contributed by atoms with van der Waals surface area (Å²) in [5.74, 6) is -0.0148. The quantitative estimate of drug-likeness (QED) is 0.394. The zero-order valence-corrected chi connectivity index (χ0v) is 18.3. The lowest BCUT2D eigenvalue weighted by Crippen LogP contribution is -2.20. The van der Waals surface area contributed by atoms with E-state index in [1.165, 1.54) is 13.2 Å². The summed E-state index contributed by atoms with van der Waals surface area (Å²) in [4.78, 5) is 24.9. The van der Waals surface area contributed by atoms with Crippen molar-refractivity contribution in [2.45, 2.75) is 6.92 Å². The van der Waals surface area contributed by atoms with Gasteiger partial charge < -0.3 is 20.1 Å². The van der Waals surface area contributed by atoms with Crippen LogP contribution in [0.2, 0.25) is 0 Å². The number of nitrogens with zero attached hydrogens (tertiary/aromatic N) is 1. The van der Waals surface area contributed by atoms with E-state index >= 15 is 0 Å². The Morgan fingerprint density at radius 1 is 0.970 bits per heavy atom. The molecule has 2 amide bonds. The SMILES string of the molecule is COc1ccccc1NC(=O)COc1ccccc1/C=C(\C#N)C(=O)Nc1cccc(C)c1. The summed E-state index contributed by atoms with van der Waals surface area (Å²) in [6.07, 6.45) is 1.43. The first-order valence-electron chi connectivity index (χ1n) is 10.1. The Labute approximate surface area is 192 Å². The molecule has 0 unspecified atom stereocenters. The predicted octanol–water partition coefficient (Wildman–Crippen LogP) is 4.57. The number of nitriles is 1. The molecule has 7 nitrogen and oxygen atoms in total. The smallest absolute Gasteiger partial charge is 0.266 e. The normalized spacial score (nSPS) is 10.6. The second-order valence-electron chi connectivity index (χ2n) is 7.07. The zero-order valence-electron chi connectivity index (χ0n) is 18.3. The number of aryl methyl sites for hydroxylation is 1. The molecule has 3 aromatic rings. The number of rotatable bonds is 8. The maximum absolute atomic E-state index is 12.6. The van der Waals surface area contributed by atoms with Crippen molar-refractivity contribution in [2.24, 2.45) is 0 Å². The number of ether oxygens (including phenoxy) is 2. The number of benzene rings is 3. The summed E-state index contributed by atoms with van der Waals surface area (Å²) in [6.45, 7) is 1.65. The van der Waals surface area contributed by atoms with Crippen molar-refractivity contribution in [3.05, 3.63) is 89.5 Å². The van der Waals surface area contributed by atoms with Crippen LogP contribution in [0, 0.1) is 18.3 Å². The molecule has 166 valence electrons. The van der Waals surface area contributed by atoms with Crippen LogP contribution in [0.15, 0.2) is 78.4 Å². The van der Waals surface area contributed by atoms with Gasteiger partial charge in [-0.2, -0.15) is 5.26 Å². The summed E-state index contributed by atoms with van der Waals surface area (Å²) >= 11 is 0. The van der Waals surface area contributed by atoms with E-state index < -0.39 is 5.91 Å². The lowest BCUT2D eigenvalue weighted by atomic mass is 10.1. The molecule has 0 heterocycles. The minimum absolute atomic E-state index is 0.0916. The first-order chi connectivity index (χ1) is 16.0. The van der Waals surface area contributed by atoms with Crippen LogP contribution in [0.3, 0.4) is 0 Å². The third-order valence-electron chi connectivity index (χ3n) is 4.60. The number of carbonyl (C=O) groups excluding carboxylic acids is 2. The van der Waals surface area contributed by atoms with Crippen molar-refractivity contribution < 1.29 is 19.1 Å². The van der Waals surface area contributed by atoms with E-state index in [-0.39, 0.29) is 18.1 Å². The minimum Gasteiger partial charge on any atom is -0.495 e. The zero-order chi connectivity index (χ0) is 23.6. The highest BCUT2D eigenvalue weighted by atomic mass is 16.5. The number of hydrogen-bond acceptors (Lipinski definition) is 5. The van der Waals surface area contributed by atoms with Gasteiger partial charge in [-0.3, -0.25) is 9.59 Å². The van der Waals surface area contributed by atoms with Gasteiger partial charge in [-0.25, -0.2) is 0 Å². The van der Waals surface area contributed by atoms with Crippen LogP contribution >= 0.6 is 0 Å². The van der Waals surface area contributed by atoms with Gasteiger partial charge in [0.25, 0.3) is 11.8 Å². The standard InChI is InChI=1S/C26H23N3O4/c1-18-8-7-10-21(14-18)28-26(31)20(16-27)15-19-9-3-5-12-23(19)33-17-25(30)29-22-11-4-6-13-24(22)32-2/h3-15H,17H2,1-2H3,(H,28,31)(H,29,30)/b20-15+. The largest absolute Gasteiger partial charge is 0.495 e. The van der Waals surface area contributed by atoms with Crippen LogP contribution in [0.1, 0.15) is 11.1 Å².